The van der Waals surface area contributed by atoms with Gasteiger partial charge in [0.25, 0.3) is 0 Å². The fourth-order valence-corrected chi connectivity index (χ4v) is 1.93. The standard InChI is InChI=1S/C13H16O5/c1-16-10-4-3-9(5-11(10)17-2)12(15)13(6-14)7-18-8-13/h3-5,14H,6-8H2,1-2H3. The average molecular weight is 252 g/mol. The first-order valence-electron chi connectivity index (χ1n) is 5.62. The Bertz CT molecular complexity index is 445. The third kappa shape index (κ3) is 1.95. The minimum absolute atomic E-state index is 0.128. The Morgan fingerprint density at radius 3 is 2.44 bits per heavy atom. The Morgan fingerprint density at radius 2 is 2.00 bits per heavy atom. The van der Waals surface area contributed by atoms with E-state index in [1.807, 2.05) is 0 Å². The summed E-state index contributed by atoms with van der Waals surface area (Å²) < 4.78 is 15.3. The van der Waals surface area contributed by atoms with E-state index in [2.05, 4.69) is 0 Å². The predicted octanol–water partition coefficient (Wildman–Crippen LogP) is 0.895. The lowest BCUT2D eigenvalue weighted by Crippen LogP contribution is -2.51. The highest BCUT2D eigenvalue weighted by Crippen LogP contribution is 2.34. The second-order valence-electron chi connectivity index (χ2n) is 4.33. The highest BCUT2D eigenvalue weighted by atomic mass is 16.5. The molecule has 1 aliphatic heterocycles. The number of ether oxygens (including phenoxy) is 3. The molecule has 98 valence electrons. The van der Waals surface area contributed by atoms with Crippen molar-refractivity contribution in [3.05, 3.63) is 23.8 Å². The normalized spacial score (nSPS) is 16.8. The number of aliphatic hydroxyl groups is 1. The highest BCUT2D eigenvalue weighted by molar-refractivity contribution is 6.01. The fourth-order valence-electron chi connectivity index (χ4n) is 1.93. The molecule has 0 unspecified atom stereocenters. The Morgan fingerprint density at radius 1 is 1.33 bits per heavy atom. The lowest BCUT2D eigenvalue weighted by molar-refractivity contribution is -0.109. The molecule has 1 N–H and O–H groups in total. The Labute approximate surface area is 105 Å². The van der Waals surface area contributed by atoms with Gasteiger partial charge < -0.3 is 19.3 Å². The minimum atomic E-state index is -0.792. The molecule has 0 aromatic heterocycles. The van der Waals surface area contributed by atoms with E-state index in [1.54, 1.807) is 18.2 Å². The van der Waals surface area contributed by atoms with Gasteiger partial charge in [0.2, 0.25) is 0 Å². The van der Waals surface area contributed by atoms with E-state index in [1.165, 1.54) is 14.2 Å². The van der Waals surface area contributed by atoms with Gasteiger partial charge in [-0.15, -0.1) is 0 Å². The van der Waals surface area contributed by atoms with Crippen LogP contribution in [0.15, 0.2) is 18.2 Å². The molecule has 1 aromatic carbocycles. The molecule has 1 saturated heterocycles. The maximum Gasteiger partial charge on any atom is 0.176 e. The number of carbonyl (C=O) groups excluding carboxylic acids is 1. The second-order valence-corrected chi connectivity index (χ2v) is 4.33. The number of ketones is 1. The van der Waals surface area contributed by atoms with Crippen molar-refractivity contribution in [3.63, 3.8) is 0 Å². The van der Waals surface area contributed by atoms with Crippen LogP contribution in [-0.4, -0.2) is 44.9 Å². The summed E-state index contributed by atoms with van der Waals surface area (Å²) >= 11 is 0. The molecular weight excluding hydrogens is 236 g/mol. The molecule has 5 nitrogen and oxygen atoms in total. The lowest BCUT2D eigenvalue weighted by atomic mass is 9.79. The van der Waals surface area contributed by atoms with Crippen molar-refractivity contribution in [1.29, 1.82) is 0 Å². The van der Waals surface area contributed by atoms with E-state index < -0.39 is 5.41 Å². The number of Topliss-reactive ketones (excluding diaryl/α,β-unsaturated/α-hetero) is 1. The topological polar surface area (TPSA) is 65.0 Å². The van der Waals surface area contributed by atoms with Gasteiger partial charge in [-0.25, -0.2) is 0 Å². The number of methoxy groups -OCH3 is 2. The van der Waals surface area contributed by atoms with Crippen LogP contribution in [0, 0.1) is 5.41 Å². The van der Waals surface area contributed by atoms with E-state index in [0.717, 1.165) is 0 Å². The second kappa shape index (κ2) is 4.96. The van der Waals surface area contributed by atoms with E-state index in [0.29, 0.717) is 17.1 Å². The van der Waals surface area contributed by atoms with Gasteiger partial charge in [0.1, 0.15) is 5.41 Å². The number of hydrogen-bond acceptors (Lipinski definition) is 5. The third-order valence-electron chi connectivity index (χ3n) is 3.19. The first-order valence-corrected chi connectivity index (χ1v) is 5.62. The molecule has 0 amide bonds. The SMILES string of the molecule is COc1ccc(C(=O)C2(CO)COC2)cc1OC. The van der Waals surface area contributed by atoms with Gasteiger partial charge in [-0.3, -0.25) is 4.79 Å². The van der Waals surface area contributed by atoms with Gasteiger partial charge in [-0.05, 0) is 18.2 Å². The summed E-state index contributed by atoms with van der Waals surface area (Å²) in [6.07, 6.45) is 0. The molecule has 0 spiro atoms. The number of hydrogen-bond donors (Lipinski definition) is 1. The number of carbonyl (C=O) groups is 1. The summed E-state index contributed by atoms with van der Waals surface area (Å²) in [4.78, 5) is 12.3. The van der Waals surface area contributed by atoms with Crippen molar-refractivity contribution in [2.24, 2.45) is 5.41 Å². The largest absolute Gasteiger partial charge is 0.493 e. The van der Waals surface area contributed by atoms with Crippen LogP contribution in [0.5, 0.6) is 11.5 Å². The van der Waals surface area contributed by atoms with Gasteiger partial charge >= 0.3 is 0 Å². The fraction of sp³-hybridized carbons (Fsp3) is 0.462. The number of aliphatic hydroxyl groups excluding tert-OH is 1. The lowest BCUT2D eigenvalue weighted by Gasteiger charge is -2.38. The Balaban J connectivity index is 2.31. The van der Waals surface area contributed by atoms with Crippen molar-refractivity contribution >= 4 is 5.78 Å². The van der Waals surface area contributed by atoms with Crippen molar-refractivity contribution in [2.45, 2.75) is 0 Å². The van der Waals surface area contributed by atoms with Crippen molar-refractivity contribution in [3.8, 4) is 11.5 Å². The zero-order valence-electron chi connectivity index (χ0n) is 10.4. The molecule has 18 heavy (non-hydrogen) atoms. The van der Waals surface area contributed by atoms with Crippen LogP contribution in [0.25, 0.3) is 0 Å². The minimum Gasteiger partial charge on any atom is -0.493 e. The van der Waals surface area contributed by atoms with E-state index >= 15 is 0 Å². The quantitative estimate of drug-likeness (QED) is 0.789. The van der Waals surface area contributed by atoms with Crippen molar-refractivity contribution in [2.75, 3.05) is 34.0 Å². The summed E-state index contributed by atoms with van der Waals surface area (Å²) in [6.45, 7) is 0.313. The molecule has 0 radical (unpaired) electrons. The van der Waals surface area contributed by atoms with Gasteiger partial charge in [-0.2, -0.15) is 0 Å². The Hall–Kier alpha value is -1.59. The number of benzene rings is 1. The molecule has 0 bridgehead atoms. The van der Waals surface area contributed by atoms with Crippen molar-refractivity contribution in [1.82, 2.24) is 0 Å². The molecule has 0 saturated carbocycles. The molecule has 0 aliphatic carbocycles. The number of rotatable bonds is 5. The van der Waals surface area contributed by atoms with Crippen molar-refractivity contribution < 1.29 is 24.1 Å². The van der Waals surface area contributed by atoms with Gasteiger partial charge in [0, 0.05) is 5.56 Å². The zero-order valence-corrected chi connectivity index (χ0v) is 10.4. The highest BCUT2D eigenvalue weighted by Gasteiger charge is 2.45. The van der Waals surface area contributed by atoms with Crippen LogP contribution in [0.3, 0.4) is 0 Å². The van der Waals surface area contributed by atoms with E-state index in [-0.39, 0.29) is 25.6 Å². The van der Waals surface area contributed by atoms with E-state index in [4.69, 9.17) is 14.2 Å². The van der Waals surface area contributed by atoms with Crippen LogP contribution in [0.4, 0.5) is 0 Å². The molecule has 0 atom stereocenters. The summed E-state index contributed by atoms with van der Waals surface area (Å²) in [7, 11) is 3.05. The molecular formula is C13H16O5. The summed E-state index contributed by atoms with van der Waals surface area (Å²) in [5, 5.41) is 9.34. The summed E-state index contributed by atoms with van der Waals surface area (Å²) in [5.74, 6) is 0.936. The predicted molar refractivity (Wildman–Crippen MR) is 64.2 cm³/mol. The van der Waals surface area contributed by atoms with Gasteiger partial charge in [0.05, 0.1) is 34.0 Å². The maximum absolute atomic E-state index is 12.3. The maximum atomic E-state index is 12.3. The average Bonchev–Trinajstić information content (AvgIpc) is 2.37. The molecule has 1 fully saturated rings. The first kappa shape index (κ1) is 12.9. The Kier molecular flexibility index (Phi) is 3.54. The van der Waals surface area contributed by atoms with Crippen LogP contribution >= 0.6 is 0 Å². The van der Waals surface area contributed by atoms with Gasteiger partial charge in [0.15, 0.2) is 17.3 Å². The van der Waals surface area contributed by atoms with Crippen LogP contribution in [0.2, 0.25) is 0 Å². The monoisotopic (exact) mass is 252 g/mol. The zero-order chi connectivity index (χ0) is 13.2. The molecule has 2 rings (SSSR count). The smallest absolute Gasteiger partial charge is 0.176 e. The molecule has 1 heterocycles. The van der Waals surface area contributed by atoms with Crippen LogP contribution in [-0.2, 0) is 4.74 Å². The van der Waals surface area contributed by atoms with Gasteiger partial charge in [-0.1, -0.05) is 0 Å². The van der Waals surface area contributed by atoms with Crippen LogP contribution in [0.1, 0.15) is 10.4 Å². The molecule has 1 aromatic rings. The molecule has 5 heteroatoms. The third-order valence-corrected chi connectivity index (χ3v) is 3.19. The summed E-state index contributed by atoms with van der Waals surface area (Å²) in [5.41, 5.74) is -0.301. The molecule has 1 aliphatic rings. The summed E-state index contributed by atoms with van der Waals surface area (Å²) in [6, 6.07) is 4.97. The first-order chi connectivity index (χ1) is 8.66. The van der Waals surface area contributed by atoms with E-state index in [9.17, 15) is 9.90 Å². The van der Waals surface area contributed by atoms with Crippen LogP contribution < -0.4 is 9.47 Å².